The zero-order valence-corrected chi connectivity index (χ0v) is 21.4. The van der Waals surface area contributed by atoms with E-state index < -0.39 is 25.5 Å². The molecular formula is C24H27N5O7S. The molecule has 1 saturated carbocycles. The number of ether oxygens (including phenoxy) is 2. The molecule has 0 radical (unpaired) electrons. The van der Waals surface area contributed by atoms with Crippen molar-refractivity contribution in [2.24, 2.45) is 0 Å². The molecule has 1 aliphatic rings. The number of nitro groups is 1. The van der Waals surface area contributed by atoms with Crippen LogP contribution in [0.4, 0.5) is 5.69 Å². The number of aromatic nitrogens is 2. The zero-order chi connectivity index (χ0) is 26.7. The molecule has 196 valence electrons. The van der Waals surface area contributed by atoms with Crippen molar-refractivity contribution in [2.45, 2.75) is 44.0 Å². The highest BCUT2D eigenvalue weighted by Gasteiger charge is 2.30. The first kappa shape index (κ1) is 26.1. The molecule has 1 fully saturated rings. The summed E-state index contributed by atoms with van der Waals surface area (Å²) in [6, 6.07) is 10.2. The molecule has 0 unspecified atom stereocenters. The SMILES string of the molecule is CCCNS(=O)(=O)c1cc([N+](=O)[O-])ccc1Oc1c(C)c(C(=O)NC2CC2)nn1-c1ccc(OC)cc1. The number of benzene rings is 2. The Hall–Kier alpha value is -3.97. The number of non-ortho nitro benzene ring substituents is 1. The van der Waals surface area contributed by atoms with Gasteiger partial charge in [0.2, 0.25) is 15.9 Å². The minimum Gasteiger partial charge on any atom is -0.497 e. The fourth-order valence-corrected chi connectivity index (χ4v) is 4.80. The van der Waals surface area contributed by atoms with Crippen LogP contribution in [0.3, 0.4) is 0 Å². The summed E-state index contributed by atoms with van der Waals surface area (Å²) in [7, 11) is -2.62. The van der Waals surface area contributed by atoms with Crippen molar-refractivity contribution in [1.82, 2.24) is 19.8 Å². The van der Waals surface area contributed by atoms with Crippen molar-refractivity contribution in [3.63, 3.8) is 0 Å². The Labute approximate surface area is 213 Å². The first-order valence-electron chi connectivity index (χ1n) is 11.7. The Kier molecular flexibility index (Phi) is 7.45. The van der Waals surface area contributed by atoms with Crippen LogP contribution in [0.25, 0.3) is 5.69 Å². The molecule has 0 aliphatic heterocycles. The van der Waals surface area contributed by atoms with Crippen LogP contribution in [0.5, 0.6) is 17.4 Å². The molecule has 1 aromatic heterocycles. The highest BCUT2D eigenvalue weighted by Crippen LogP contribution is 2.36. The van der Waals surface area contributed by atoms with E-state index in [1.807, 2.05) is 0 Å². The van der Waals surface area contributed by atoms with Gasteiger partial charge in [0, 0.05) is 30.3 Å². The van der Waals surface area contributed by atoms with Gasteiger partial charge in [0.15, 0.2) is 5.69 Å². The Morgan fingerprint density at radius 1 is 1.22 bits per heavy atom. The summed E-state index contributed by atoms with van der Waals surface area (Å²) in [5.41, 5.74) is 0.610. The van der Waals surface area contributed by atoms with E-state index in [0.29, 0.717) is 23.4 Å². The van der Waals surface area contributed by atoms with Gasteiger partial charge in [0.05, 0.1) is 17.7 Å². The average Bonchev–Trinajstić information content (AvgIpc) is 3.64. The fraction of sp³-hybridized carbons (Fsp3) is 0.333. The summed E-state index contributed by atoms with van der Waals surface area (Å²) < 4.78 is 41.1. The molecule has 0 saturated heterocycles. The van der Waals surface area contributed by atoms with Crippen molar-refractivity contribution in [1.29, 1.82) is 0 Å². The van der Waals surface area contributed by atoms with Crippen LogP contribution >= 0.6 is 0 Å². The number of methoxy groups -OCH3 is 1. The first-order valence-corrected chi connectivity index (χ1v) is 13.1. The Balaban J connectivity index is 1.83. The van der Waals surface area contributed by atoms with Crippen molar-refractivity contribution >= 4 is 21.6 Å². The third-order valence-corrected chi connectivity index (χ3v) is 7.17. The monoisotopic (exact) mass is 529 g/mol. The van der Waals surface area contributed by atoms with E-state index in [-0.39, 0.29) is 35.8 Å². The van der Waals surface area contributed by atoms with Crippen molar-refractivity contribution in [3.8, 4) is 23.1 Å². The number of hydrogen-bond acceptors (Lipinski definition) is 8. The molecule has 2 aromatic carbocycles. The number of sulfonamides is 1. The lowest BCUT2D eigenvalue weighted by molar-refractivity contribution is -0.385. The summed E-state index contributed by atoms with van der Waals surface area (Å²) >= 11 is 0. The van der Waals surface area contributed by atoms with Crippen molar-refractivity contribution in [3.05, 3.63) is 63.8 Å². The molecule has 12 nitrogen and oxygen atoms in total. The van der Waals surface area contributed by atoms with Crippen LogP contribution in [0.2, 0.25) is 0 Å². The van der Waals surface area contributed by atoms with Gasteiger partial charge in [-0.25, -0.2) is 13.1 Å². The third-order valence-electron chi connectivity index (χ3n) is 5.69. The number of nitrogens with zero attached hydrogens (tertiary/aromatic N) is 3. The van der Waals surface area contributed by atoms with Crippen LogP contribution in [0, 0.1) is 17.0 Å². The largest absolute Gasteiger partial charge is 0.497 e. The number of nitro benzene ring substituents is 1. The van der Waals surface area contributed by atoms with E-state index in [1.54, 1.807) is 38.1 Å². The average molecular weight is 530 g/mol. The number of nitrogens with one attached hydrogen (secondary N) is 2. The third kappa shape index (κ3) is 5.73. The second-order valence-corrected chi connectivity index (χ2v) is 10.3. The lowest BCUT2D eigenvalue weighted by Crippen LogP contribution is -2.26. The number of carbonyl (C=O) groups excluding carboxylic acids is 1. The van der Waals surface area contributed by atoms with Gasteiger partial charge in [0.25, 0.3) is 11.6 Å². The van der Waals surface area contributed by atoms with E-state index in [0.717, 1.165) is 25.0 Å². The highest BCUT2D eigenvalue weighted by molar-refractivity contribution is 7.89. The van der Waals surface area contributed by atoms with Gasteiger partial charge < -0.3 is 14.8 Å². The molecule has 1 aliphatic carbocycles. The predicted octanol–water partition coefficient (Wildman–Crippen LogP) is 3.47. The van der Waals surface area contributed by atoms with Crippen LogP contribution in [0.15, 0.2) is 47.4 Å². The number of amides is 1. The molecule has 1 amide bonds. The molecule has 1 heterocycles. The Morgan fingerprint density at radius 3 is 2.51 bits per heavy atom. The van der Waals surface area contributed by atoms with E-state index in [4.69, 9.17) is 9.47 Å². The Bertz CT molecular complexity index is 1430. The van der Waals surface area contributed by atoms with Gasteiger partial charge in [-0.1, -0.05) is 6.92 Å². The highest BCUT2D eigenvalue weighted by atomic mass is 32.2. The maximum Gasteiger partial charge on any atom is 0.272 e. The number of hydrogen-bond donors (Lipinski definition) is 2. The lowest BCUT2D eigenvalue weighted by atomic mass is 10.2. The number of carbonyl (C=O) groups is 1. The topological polar surface area (TPSA) is 155 Å². The number of rotatable bonds is 11. The van der Waals surface area contributed by atoms with Crippen LogP contribution in [0.1, 0.15) is 42.2 Å². The molecular weight excluding hydrogens is 502 g/mol. The molecule has 13 heteroatoms. The molecule has 0 spiro atoms. The second-order valence-electron chi connectivity index (χ2n) is 8.52. The van der Waals surface area contributed by atoms with Crippen molar-refractivity contribution < 1.29 is 27.6 Å². The van der Waals surface area contributed by atoms with E-state index in [1.165, 1.54) is 17.9 Å². The van der Waals surface area contributed by atoms with Gasteiger partial charge in [-0.3, -0.25) is 14.9 Å². The minimum absolute atomic E-state index is 0.0897. The first-order chi connectivity index (χ1) is 17.6. The molecule has 2 N–H and O–H groups in total. The predicted molar refractivity (Wildman–Crippen MR) is 134 cm³/mol. The van der Waals surface area contributed by atoms with Gasteiger partial charge in [-0.05, 0) is 56.5 Å². The minimum atomic E-state index is -4.15. The van der Waals surface area contributed by atoms with Crippen LogP contribution in [-0.2, 0) is 10.0 Å². The second kappa shape index (κ2) is 10.6. The zero-order valence-electron chi connectivity index (χ0n) is 20.6. The van der Waals surface area contributed by atoms with Gasteiger partial charge in [0.1, 0.15) is 16.4 Å². The van der Waals surface area contributed by atoms with E-state index >= 15 is 0 Å². The summed E-state index contributed by atoms with van der Waals surface area (Å²) in [6.45, 7) is 3.57. The van der Waals surface area contributed by atoms with Crippen LogP contribution in [-0.4, -0.2) is 48.7 Å². The quantitative estimate of drug-likeness (QED) is 0.283. The standard InChI is InChI=1S/C24H27N5O7S/c1-4-13-25-37(33,34)21-14-18(29(31)32)9-12-20(21)36-24-15(2)22(23(30)26-16-5-6-16)27-28(24)17-7-10-19(35-3)11-8-17/h7-12,14,16,25H,4-6,13H2,1-3H3,(H,26,30). The lowest BCUT2D eigenvalue weighted by Gasteiger charge is -2.14. The maximum absolute atomic E-state index is 13.0. The van der Waals surface area contributed by atoms with Gasteiger partial charge in [-0.15, -0.1) is 0 Å². The summed E-state index contributed by atoms with van der Waals surface area (Å²) in [5, 5.41) is 18.7. The molecule has 3 aromatic rings. The summed E-state index contributed by atoms with van der Waals surface area (Å²) in [5.74, 6) is 0.166. The molecule has 0 bridgehead atoms. The fourth-order valence-electron chi connectivity index (χ4n) is 3.52. The summed E-state index contributed by atoms with van der Waals surface area (Å²) in [6.07, 6.45) is 2.30. The Morgan fingerprint density at radius 2 is 1.92 bits per heavy atom. The van der Waals surface area contributed by atoms with Gasteiger partial charge >= 0.3 is 0 Å². The van der Waals surface area contributed by atoms with Crippen molar-refractivity contribution in [2.75, 3.05) is 13.7 Å². The molecule has 37 heavy (non-hydrogen) atoms. The smallest absolute Gasteiger partial charge is 0.272 e. The maximum atomic E-state index is 13.0. The van der Waals surface area contributed by atoms with Gasteiger partial charge in [-0.2, -0.15) is 9.78 Å². The molecule has 4 rings (SSSR count). The normalized spacial score (nSPS) is 13.3. The van der Waals surface area contributed by atoms with E-state index in [2.05, 4.69) is 15.1 Å². The van der Waals surface area contributed by atoms with Crippen LogP contribution < -0.4 is 19.5 Å². The molecule has 0 atom stereocenters. The van der Waals surface area contributed by atoms with E-state index in [9.17, 15) is 23.3 Å². The summed E-state index contributed by atoms with van der Waals surface area (Å²) in [4.78, 5) is 23.2.